The highest BCUT2D eigenvalue weighted by Gasteiger charge is 2.10. The lowest BCUT2D eigenvalue weighted by molar-refractivity contribution is -0.116. The molecule has 0 aliphatic heterocycles. The fourth-order valence-corrected chi connectivity index (χ4v) is 4.64. The zero-order valence-electron chi connectivity index (χ0n) is 19.4. The summed E-state index contributed by atoms with van der Waals surface area (Å²) in [6, 6.07) is 35.7. The van der Waals surface area contributed by atoms with Gasteiger partial charge in [0.2, 0.25) is 11.8 Å². The van der Waals surface area contributed by atoms with Crippen molar-refractivity contribution < 1.29 is 9.59 Å². The van der Waals surface area contributed by atoms with Crippen molar-refractivity contribution in [3.05, 3.63) is 109 Å². The quantitative estimate of drug-likeness (QED) is 0.238. The minimum atomic E-state index is -0.0258. The van der Waals surface area contributed by atoms with E-state index < -0.39 is 0 Å². The van der Waals surface area contributed by atoms with Crippen LogP contribution in [0.3, 0.4) is 0 Å². The zero-order valence-corrected chi connectivity index (χ0v) is 20.3. The van der Waals surface area contributed by atoms with Gasteiger partial charge < -0.3 is 10.6 Å². The van der Waals surface area contributed by atoms with Crippen LogP contribution in [0.15, 0.2) is 109 Å². The summed E-state index contributed by atoms with van der Waals surface area (Å²) in [7, 11) is 0. The Hall–Kier alpha value is -3.83. The van der Waals surface area contributed by atoms with Crippen LogP contribution in [0.5, 0.6) is 0 Å². The number of hydrogen-bond donors (Lipinski definition) is 2. The molecule has 0 fully saturated rings. The van der Waals surface area contributed by atoms with E-state index in [1.54, 1.807) is 11.8 Å². The minimum absolute atomic E-state index is 0.0258. The van der Waals surface area contributed by atoms with Gasteiger partial charge in [0.05, 0.1) is 0 Å². The molecule has 2 N–H and O–H groups in total. The first kappa shape index (κ1) is 24.3. The molecule has 0 saturated carbocycles. The number of benzene rings is 4. The summed E-state index contributed by atoms with van der Waals surface area (Å²) in [4.78, 5) is 25.0. The lowest BCUT2D eigenvalue weighted by Crippen LogP contribution is -2.14. The van der Waals surface area contributed by atoms with Gasteiger partial charge in [-0.1, -0.05) is 97.1 Å². The average Bonchev–Trinajstić information content (AvgIpc) is 2.90. The van der Waals surface area contributed by atoms with Gasteiger partial charge in [-0.15, -0.1) is 0 Å². The fraction of sp³-hybridized carbons (Fsp3) is 0.133. The van der Waals surface area contributed by atoms with E-state index in [0.29, 0.717) is 24.3 Å². The van der Waals surface area contributed by atoms with Gasteiger partial charge in [0.1, 0.15) is 0 Å². The van der Waals surface area contributed by atoms with Crippen molar-refractivity contribution in [1.82, 2.24) is 0 Å². The molecule has 5 heteroatoms. The van der Waals surface area contributed by atoms with E-state index in [0.717, 1.165) is 33.6 Å². The summed E-state index contributed by atoms with van der Waals surface area (Å²) < 4.78 is 0. The molecule has 0 spiro atoms. The molecule has 4 aromatic carbocycles. The van der Waals surface area contributed by atoms with Gasteiger partial charge in [-0.3, -0.25) is 9.59 Å². The topological polar surface area (TPSA) is 58.2 Å². The van der Waals surface area contributed by atoms with Crippen molar-refractivity contribution in [3.8, 4) is 22.3 Å². The highest BCUT2D eigenvalue weighted by Crippen LogP contribution is 2.29. The Morgan fingerprint density at radius 3 is 1.31 bits per heavy atom. The predicted molar refractivity (Wildman–Crippen MR) is 148 cm³/mol. The normalized spacial score (nSPS) is 10.5. The molecule has 2 amide bonds. The third-order valence-electron chi connectivity index (χ3n) is 5.52. The summed E-state index contributed by atoms with van der Waals surface area (Å²) in [5, 5.41) is 6.06. The van der Waals surface area contributed by atoms with Crippen molar-refractivity contribution >= 4 is 35.0 Å². The molecule has 0 unspecified atom stereocenters. The molecule has 35 heavy (non-hydrogen) atoms. The first-order valence-corrected chi connectivity index (χ1v) is 12.8. The number of hydrogen-bond acceptors (Lipinski definition) is 3. The van der Waals surface area contributed by atoms with Gasteiger partial charge >= 0.3 is 0 Å². The Morgan fingerprint density at radius 2 is 0.886 bits per heavy atom. The number of anilines is 2. The second-order valence-electron chi connectivity index (χ2n) is 8.03. The number of amides is 2. The average molecular weight is 481 g/mol. The summed E-state index contributed by atoms with van der Waals surface area (Å²) in [6.07, 6.45) is 0.790. The number of carbonyl (C=O) groups excluding carboxylic acids is 2. The van der Waals surface area contributed by atoms with Crippen molar-refractivity contribution in [2.45, 2.75) is 12.8 Å². The Balaban J connectivity index is 1.21. The first-order valence-electron chi connectivity index (χ1n) is 11.7. The third kappa shape index (κ3) is 7.08. The molecule has 176 valence electrons. The van der Waals surface area contributed by atoms with Crippen LogP contribution in [0.4, 0.5) is 11.4 Å². The van der Waals surface area contributed by atoms with Crippen LogP contribution >= 0.6 is 11.8 Å². The zero-order chi connectivity index (χ0) is 24.3. The van der Waals surface area contributed by atoms with Gasteiger partial charge in [0.25, 0.3) is 0 Å². The molecule has 0 radical (unpaired) electrons. The molecular formula is C30H28N2O2S. The molecule has 0 atom stereocenters. The Labute approximate surface area is 210 Å². The monoisotopic (exact) mass is 480 g/mol. The van der Waals surface area contributed by atoms with Crippen molar-refractivity contribution in [1.29, 1.82) is 0 Å². The third-order valence-corrected chi connectivity index (χ3v) is 6.50. The molecule has 0 aliphatic carbocycles. The van der Waals surface area contributed by atoms with Crippen LogP contribution in [0, 0.1) is 0 Å². The highest BCUT2D eigenvalue weighted by atomic mass is 32.2. The maximum absolute atomic E-state index is 12.5. The van der Waals surface area contributed by atoms with Crippen LogP contribution < -0.4 is 10.6 Å². The molecule has 4 aromatic rings. The predicted octanol–water partition coefficient (Wildman–Crippen LogP) is 7.11. The van der Waals surface area contributed by atoms with Crippen LogP contribution in [0.25, 0.3) is 22.3 Å². The number of thioether (sulfide) groups is 1. The Bertz CT molecular complexity index is 1160. The number of para-hydroxylation sites is 2. The van der Waals surface area contributed by atoms with Crippen LogP contribution in [0.1, 0.15) is 12.8 Å². The minimum Gasteiger partial charge on any atom is -0.325 e. The number of rotatable bonds is 10. The van der Waals surface area contributed by atoms with E-state index in [1.165, 1.54) is 0 Å². The van der Waals surface area contributed by atoms with Gasteiger partial charge in [-0.05, 0) is 23.3 Å². The highest BCUT2D eigenvalue weighted by molar-refractivity contribution is 7.99. The molecule has 0 aromatic heterocycles. The van der Waals surface area contributed by atoms with Crippen molar-refractivity contribution in [2.75, 3.05) is 22.1 Å². The van der Waals surface area contributed by atoms with Gasteiger partial charge in [0.15, 0.2) is 0 Å². The van der Waals surface area contributed by atoms with Crippen LogP contribution in [-0.2, 0) is 9.59 Å². The largest absolute Gasteiger partial charge is 0.325 e. The number of nitrogens with one attached hydrogen (secondary N) is 2. The molecular weight excluding hydrogens is 452 g/mol. The van der Waals surface area contributed by atoms with E-state index in [1.807, 2.05) is 109 Å². The molecule has 0 bridgehead atoms. The van der Waals surface area contributed by atoms with E-state index >= 15 is 0 Å². The molecule has 0 saturated heterocycles. The second-order valence-corrected chi connectivity index (χ2v) is 9.26. The van der Waals surface area contributed by atoms with Crippen molar-refractivity contribution in [2.24, 2.45) is 0 Å². The lowest BCUT2D eigenvalue weighted by Gasteiger charge is -2.12. The lowest BCUT2D eigenvalue weighted by atomic mass is 10.0. The molecule has 0 aliphatic rings. The van der Waals surface area contributed by atoms with E-state index in [4.69, 9.17) is 0 Å². The summed E-state index contributed by atoms with van der Waals surface area (Å²) in [5.74, 6) is 1.27. The molecule has 4 rings (SSSR count). The van der Waals surface area contributed by atoms with Gasteiger partial charge in [-0.25, -0.2) is 0 Å². The van der Waals surface area contributed by atoms with Gasteiger partial charge in [0, 0.05) is 46.8 Å². The van der Waals surface area contributed by atoms with E-state index in [2.05, 4.69) is 10.6 Å². The molecule has 0 heterocycles. The smallest absolute Gasteiger partial charge is 0.225 e. The Kier molecular flexibility index (Phi) is 8.74. The van der Waals surface area contributed by atoms with E-state index in [9.17, 15) is 9.59 Å². The van der Waals surface area contributed by atoms with E-state index in [-0.39, 0.29) is 11.8 Å². The summed E-state index contributed by atoms with van der Waals surface area (Å²) in [6.45, 7) is 0. The maximum Gasteiger partial charge on any atom is 0.225 e. The molecule has 4 nitrogen and oxygen atoms in total. The van der Waals surface area contributed by atoms with Crippen molar-refractivity contribution in [3.63, 3.8) is 0 Å². The summed E-state index contributed by atoms with van der Waals surface area (Å²) >= 11 is 1.61. The van der Waals surface area contributed by atoms with Crippen LogP contribution in [-0.4, -0.2) is 23.3 Å². The first-order chi connectivity index (χ1) is 17.2. The number of carbonyl (C=O) groups is 2. The van der Waals surface area contributed by atoms with Crippen LogP contribution in [0.2, 0.25) is 0 Å². The van der Waals surface area contributed by atoms with Gasteiger partial charge in [-0.2, -0.15) is 11.8 Å². The standard InChI is InChI=1S/C30H28N2O2S/c33-29(31-27-17-9-7-15-25(27)23-11-3-1-4-12-23)19-21-35-22-20-30(34)32-28-18-10-8-16-26(28)24-13-5-2-6-14-24/h1-18H,19-22H2,(H,31,33)(H,32,34). The Morgan fingerprint density at radius 1 is 0.514 bits per heavy atom. The SMILES string of the molecule is O=C(CCSCCC(=O)Nc1ccccc1-c1ccccc1)Nc1ccccc1-c1ccccc1. The maximum atomic E-state index is 12.5. The second kappa shape index (κ2) is 12.6. The summed E-state index contributed by atoms with van der Waals surface area (Å²) in [5.41, 5.74) is 5.76. The fourth-order valence-electron chi connectivity index (χ4n) is 3.78.